The molecule has 0 N–H and O–H groups in total. The molecule has 0 aliphatic rings. The van der Waals surface area contributed by atoms with Gasteiger partial charge in [-0.25, -0.2) is 4.98 Å². The largest absolute Gasteiger partial charge is 0.439 e. The van der Waals surface area contributed by atoms with Crippen molar-refractivity contribution in [3.8, 4) is 28.3 Å². The average Bonchev–Trinajstić information content (AvgIpc) is 3.33. The first-order valence-corrected chi connectivity index (χ1v) is 9.42. The molecular formula is C23H19N5O. The number of hydrogen-bond acceptors (Lipinski definition) is 5. The Balaban J connectivity index is 1.63. The van der Waals surface area contributed by atoms with E-state index in [0.717, 1.165) is 16.8 Å². The molecule has 0 radical (unpaired) electrons. The van der Waals surface area contributed by atoms with Gasteiger partial charge < -0.3 is 4.42 Å². The van der Waals surface area contributed by atoms with Gasteiger partial charge in [0.05, 0.1) is 5.69 Å². The zero-order chi connectivity index (χ0) is 20.0. The molecule has 6 heteroatoms. The minimum Gasteiger partial charge on any atom is -0.439 e. The molecule has 0 aliphatic heterocycles. The maximum atomic E-state index is 5.53. The molecule has 0 amide bonds. The van der Waals surface area contributed by atoms with E-state index in [1.165, 1.54) is 11.1 Å². The van der Waals surface area contributed by atoms with Crippen LogP contribution in [0, 0.1) is 20.8 Å². The van der Waals surface area contributed by atoms with Gasteiger partial charge in [0, 0.05) is 6.92 Å². The maximum Gasteiger partial charge on any atom is 0.199 e. The monoisotopic (exact) mass is 381 g/mol. The molecule has 0 spiro atoms. The number of fused-ring (bicyclic) bond motifs is 1. The van der Waals surface area contributed by atoms with Crippen LogP contribution in [0.15, 0.2) is 65.3 Å². The molecular weight excluding hydrogens is 362 g/mol. The van der Waals surface area contributed by atoms with Crippen LogP contribution in [0.25, 0.3) is 39.6 Å². The lowest BCUT2D eigenvalue weighted by atomic mass is 9.98. The molecule has 0 aliphatic carbocycles. The second-order valence-electron chi connectivity index (χ2n) is 7.10. The highest BCUT2D eigenvalue weighted by molar-refractivity contribution is 5.73. The van der Waals surface area contributed by atoms with Crippen LogP contribution in [0.1, 0.15) is 17.0 Å². The lowest BCUT2D eigenvalue weighted by Crippen LogP contribution is -2.03. The predicted molar refractivity (Wildman–Crippen MR) is 112 cm³/mol. The van der Waals surface area contributed by atoms with Gasteiger partial charge in [-0.1, -0.05) is 30.3 Å². The fraction of sp³-hybridized carbons (Fsp3) is 0.130. The molecule has 29 heavy (non-hydrogen) atoms. The number of pyridine rings is 1. The van der Waals surface area contributed by atoms with E-state index < -0.39 is 0 Å². The van der Waals surface area contributed by atoms with Crippen LogP contribution in [0.4, 0.5) is 0 Å². The first-order valence-electron chi connectivity index (χ1n) is 9.42. The summed E-state index contributed by atoms with van der Waals surface area (Å²) in [6.07, 6.45) is 1.73. The number of oxazole rings is 1. The SMILES string of the molecule is Cc1nc2nc(-c3nncn3-c3c(C)cc(-c4ccccc4)cc3C)ccc2o1. The van der Waals surface area contributed by atoms with Crippen molar-refractivity contribution in [2.75, 3.05) is 0 Å². The van der Waals surface area contributed by atoms with Crippen molar-refractivity contribution in [2.24, 2.45) is 0 Å². The van der Waals surface area contributed by atoms with E-state index in [4.69, 9.17) is 4.42 Å². The minimum atomic E-state index is 0.572. The number of hydrogen-bond donors (Lipinski definition) is 0. The van der Waals surface area contributed by atoms with Gasteiger partial charge in [0.25, 0.3) is 0 Å². The Hall–Kier alpha value is -3.80. The van der Waals surface area contributed by atoms with Crippen LogP contribution in [0.2, 0.25) is 0 Å². The number of aromatic nitrogens is 5. The summed E-state index contributed by atoms with van der Waals surface area (Å²) < 4.78 is 7.52. The molecule has 0 fully saturated rings. The highest BCUT2D eigenvalue weighted by Crippen LogP contribution is 2.30. The smallest absolute Gasteiger partial charge is 0.199 e. The Kier molecular flexibility index (Phi) is 3.98. The van der Waals surface area contributed by atoms with Crippen molar-refractivity contribution in [1.29, 1.82) is 0 Å². The van der Waals surface area contributed by atoms with E-state index in [9.17, 15) is 0 Å². The predicted octanol–water partition coefficient (Wildman–Crippen LogP) is 5.06. The van der Waals surface area contributed by atoms with Gasteiger partial charge in [-0.05, 0) is 60.4 Å². The van der Waals surface area contributed by atoms with Crippen LogP contribution < -0.4 is 0 Å². The number of aryl methyl sites for hydroxylation is 3. The van der Waals surface area contributed by atoms with E-state index >= 15 is 0 Å². The van der Waals surface area contributed by atoms with Gasteiger partial charge in [0.15, 0.2) is 22.9 Å². The first kappa shape index (κ1) is 17.3. The molecule has 0 saturated carbocycles. The van der Waals surface area contributed by atoms with Crippen LogP contribution in [0.3, 0.4) is 0 Å². The second kappa shape index (κ2) is 6.67. The van der Waals surface area contributed by atoms with Crippen molar-refractivity contribution in [1.82, 2.24) is 24.7 Å². The maximum absolute atomic E-state index is 5.53. The Morgan fingerprint density at radius 3 is 2.34 bits per heavy atom. The summed E-state index contributed by atoms with van der Waals surface area (Å²) in [6, 6.07) is 18.5. The highest BCUT2D eigenvalue weighted by atomic mass is 16.3. The van der Waals surface area contributed by atoms with Gasteiger partial charge >= 0.3 is 0 Å². The van der Waals surface area contributed by atoms with Crippen molar-refractivity contribution in [3.05, 3.63) is 77.9 Å². The van der Waals surface area contributed by atoms with Gasteiger partial charge in [-0.15, -0.1) is 10.2 Å². The van der Waals surface area contributed by atoms with Crippen LogP contribution in [-0.4, -0.2) is 24.7 Å². The standard InChI is InChI=1S/C23H19N5O/c1-14-11-18(17-7-5-4-6-8-17)12-15(2)21(14)28-13-24-27-23(28)19-9-10-20-22(26-19)25-16(3)29-20/h4-13H,1-3H3. The lowest BCUT2D eigenvalue weighted by Gasteiger charge is -2.15. The van der Waals surface area contributed by atoms with Crippen molar-refractivity contribution in [3.63, 3.8) is 0 Å². The summed E-state index contributed by atoms with van der Waals surface area (Å²) in [5.74, 6) is 1.26. The van der Waals surface area contributed by atoms with E-state index in [0.29, 0.717) is 28.6 Å². The zero-order valence-electron chi connectivity index (χ0n) is 16.4. The Labute approximate surface area is 167 Å². The third-order valence-corrected chi connectivity index (χ3v) is 4.98. The number of rotatable bonds is 3. The molecule has 0 bridgehead atoms. The topological polar surface area (TPSA) is 69.6 Å². The quantitative estimate of drug-likeness (QED) is 0.437. The highest BCUT2D eigenvalue weighted by Gasteiger charge is 2.16. The van der Waals surface area contributed by atoms with E-state index in [1.54, 1.807) is 6.33 Å². The van der Waals surface area contributed by atoms with E-state index in [-0.39, 0.29) is 0 Å². The molecule has 0 unspecified atom stereocenters. The Morgan fingerprint density at radius 2 is 1.59 bits per heavy atom. The Morgan fingerprint density at radius 1 is 0.828 bits per heavy atom. The fourth-order valence-electron chi connectivity index (χ4n) is 3.76. The summed E-state index contributed by atoms with van der Waals surface area (Å²) in [5, 5.41) is 8.48. The van der Waals surface area contributed by atoms with Crippen molar-refractivity contribution in [2.45, 2.75) is 20.8 Å². The molecule has 142 valence electrons. The third-order valence-electron chi connectivity index (χ3n) is 4.98. The molecule has 5 aromatic rings. The number of nitrogens with zero attached hydrogens (tertiary/aromatic N) is 5. The molecule has 6 nitrogen and oxygen atoms in total. The van der Waals surface area contributed by atoms with Crippen LogP contribution in [-0.2, 0) is 0 Å². The minimum absolute atomic E-state index is 0.572. The zero-order valence-corrected chi connectivity index (χ0v) is 16.4. The summed E-state index contributed by atoms with van der Waals surface area (Å²) in [7, 11) is 0. The average molecular weight is 381 g/mol. The van der Waals surface area contributed by atoms with Gasteiger partial charge in [-0.2, -0.15) is 4.98 Å². The molecule has 0 atom stereocenters. The summed E-state index contributed by atoms with van der Waals surface area (Å²) in [5.41, 5.74) is 7.67. The Bertz CT molecular complexity index is 1310. The molecule has 3 aromatic heterocycles. The van der Waals surface area contributed by atoms with Gasteiger partial charge in [0.1, 0.15) is 12.0 Å². The van der Waals surface area contributed by atoms with Crippen molar-refractivity contribution < 1.29 is 4.42 Å². The molecule has 2 aromatic carbocycles. The summed E-state index contributed by atoms with van der Waals surface area (Å²) >= 11 is 0. The van der Waals surface area contributed by atoms with Crippen molar-refractivity contribution >= 4 is 11.2 Å². The third kappa shape index (κ3) is 2.99. The van der Waals surface area contributed by atoms with E-state index in [2.05, 4.69) is 70.4 Å². The summed E-state index contributed by atoms with van der Waals surface area (Å²) in [4.78, 5) is 8.95. The van der Waals surface area contributed by atoms with Crippen LogP contribution >= 0.6 is 0 Å². The normalized spacial score (nSPS) is 11.3. The fourth-order valence-corrected chi connectivity index (χ4v) is 3.76. The van der Waals surface area contributed by atoms with Crippen LogP contribution in [0.5, 0.6) is 0 Å². The molecule has 0 saturated heterocycles. The number of benzene rings is 2. The summed E-state index contributed by atoms with van der Waals surface area (Å²) in [6.45, 7) is 6.03. The molecule has 3 heterocycles. The van der Waals surface area contributed by atoms with Gasteiger partial charge in [0.2, 0.25) is 0 Å². The second-order valence-corrected chi connectivity index (χ2v) is 7.10. The lowest BCUT2D eigenvalue weighted by molar-refractivity contribution is 0.561. The molecule has 5 rings (SSSR count). The van der Waals surface area contributed by atoms with Gasteiger partial charge in [-0.3, -0.25) is 4.57 Å². The first-order chi connectivity index (χ1) is 14.1. The van der Waals surface area contributed by atoms with E-state index in [1.807, 2.05) is 29.7 Å².